The summed E-state index contributed by atoms with van der Waals surface area (Å²) in [4.78, 5) is 0.147. The predicted molar refractivity (Wildman–Crippen MR) is 80.8 cm³/mol. The summed E-state index contributed by atoms with van der Waals surface area (Å²) in [6.07, 6.45) is 0. The summed E-state index contributed by atoms with van der Waals surface area (Å²) in [5, 5.41) is 8.96. The van der Waals surface area contributed by atoms with Gasteiger partial charge in [-0.3, -0.25) is 4.72 Å². The van der Waals surface area contributed by atoms with E-state index < -0.39 is 10.0 Å². The van der Waals surface area contributed by atoms with Gasteiger partial charge in [0.25, 0.3) is 10.0 Å². The molecule has 0 aliphatic carbocycles. The van der Waals surface area contributed by atoms with Crippen molar-refractivity contribution in [1.29, 1.82) is 0 Å². The van der Waals surface area contributed by atoms with E-state index in [1.807, 2.05) is 6.92 Å². The van der Waals surface area contributed by atoms with Crippen LogP contribution in [0.25, 0.3) is 0 Å². The molecule has 0 aliphatic heterocycles. The van der Waals surface area contributed by atoms with Gasteiger partial charge in [0.2, 0.25) is 0 Å². The monoisotopic (exact) mass is 307 g/mol. The lowest BCUT2D eigenvalue weighted by atomic mass is 10.2. The first-order valence-electron chi connectivity index (χ1n) is 6.50. The van der Waals surface area contributed by atoms with Crippen molar-refractivity contribution in [3.05, 3.63) is 54.1 Å². The molecule has 0 radical (unpaired) electrons. The zero-order valence-corrected chi connectivity index (χ0v) is 12.4. The first-order valence-corrected chi connectivity index (χ1v) is 7.99. The maximum Gasteiger partial charge on any atom is 0.261 e. The van der Waals surface area contributed by atoms with Crippen molar-refractivity contribution < 1.29 is 18.3 Å². The van der Waals surface area contributed by atoms with Gasteiger partial charge in [-0.2, -0.15) is 0 Å². The Balaban J connectivity index is 2.16. The lowest BCUT2D eigenvalue weighted by Gasteiger charge is -2.09. The highest BCUT2D eigenvalue weighted by atomic mass is 32.2. The van der Waals surface area contributed by atoms with Gasteiger partial charge in [0.15, 0.2) is 0 Å². The number of anilines is 1. The third-order valence-electron chi connectivity index (χ3n) is 2.83. The van der Waals surface area contributed by atoms with E-state index in [4.69, 9.17) is 9.84 Å². The molecule has 2 aromatic carbocycles. The lowest BCUT2D eigenvalue weighted by Crippen LogP contribution is -2.12. The minimum Gasteiger partial charge on any atom is -0.494 e. The van der Waals surface area contributed by atoms with Crippen molar-refractivity contribution in [3.63, 3.8) is 0 Å². The summed E-state index contributed by atoms with van der Waals surface area (Å²) in [5.74, 6) is 0.688. The molecule has 0 atom stereocenters. The number of rotatable bonds is 6. The Bertz CT molecular complexity index is 679. The second kappa shape index (κ2) is 6.60. The molecule has 0 aromatic heterocycles. The van der Waals surface area contributed by atoms with E-state index in [-0.39, 0.29) is 11.5 Å². The predicted octanol–water partition coefficient (Wildman–Crippen LogP) is 2.38. The number of sulfonamides is 1. The molecule has 0 fully saturated rings. The Morgan fingerprint density at radius 3 is 2.19 bits per heavy atom. The molecule has 0 amide bonds. The Morgan fingerprint density at radius 1 is 1.05 bits per heavy atom. The largest absolute Gasteiger partial charge is 0.494 e. The fraction of sp³-hybridized carbons (Fsp3) is 0.200. The number of hydrogen-bond donors (Lipinski definition) is 2. The summed E-state index contributed by atoms with van der Waals surface area (Å²) >= 11 is 0. The van der Waals surface area contributed by atoms with Crippen LogP contribution < -0.4 is 9.46 Å². The summed E-state index contributed by atoms with van der Waals surface area (Å²) in [7, 11) is -3.64. The first kappa shape index (κ1) is 15.3. The Labute approximate surface area is 124 Å². The fourth-order valence-electron chi connectivity index (χ4n) is 1.77. The van der Waals surface area contributed by atoms with E-state index in [0.29, 0.717) is 23.6 Å². The number of aliphatic hydroxyl groups excluding tert-OH is 1. The molecule has 0 unspecified atom stereocenters. The van der Waals surface area contributed by atoms with E-state index in [1.54, 1.807) is 36.4 Å². The van der Waals surface area contributed by atoms with Gasteiger partial charge < -0.3 is 9.84 Å². The van der Waals surface area contributed by atoms with Crippen LogP contribution in [0.4, 0.5) is 5.69 Å². The van der Waals surface area contributed by atoms with Crippen LogP contribution in [0.3, 0.4) is 0 Å². The van der Waals surface area contributed by atoms with Crippen LogP contribution in [0.5, 0.6) is 5.75 Å². The molecular weight excluding hydrogens is 290 g/mol. The molecule has 21 heavy (non-hydrogen) atoms. The summed E-state index contributed by atoms with van der Waals surface area (Å²) in [5.41, 5.74) is 1.12. The zero-order valence-electron chi connectivity index (χ0n) is 11.6. The smallest absolute Gasteiger partial charge is 0.261 e. The highest BCUT2D eigenvalue weighted by Gasteiger charge is 2.13. The average molecular weight is 307 g/mol. The normalized spacial score (nSPS) is 11.1. The molecule has 0 saturated heterocycles. The Kier molecular flexibility index (Phi) is 4.82. The highest BCUT2D eigenvalue weighted by molar-refractivity contribution is 7.92. The number of ether oxygens (including phenoxy) is 1. The van der Waals surface area contributed by atoms with Crippen LogP contribution in [0, 0.1) is 0 Å². The molecule has 0 spiro atoms. The van der Waals surface area contributed by atoms with E-state index in [1.165, 1.54) is 12.1 Å². The van der Waals surface area contributed by atoms with Crippen molar-refractivity contribution in [3.8, 4) is 5.75 Å². The van der Waals surface area contributed by atoms with Gasteiger partial charge in [0.05, 0.1) is 18.1 Å². The Hall–Kier alpha value is -2.05. The van der Waals surface area contributed by atoms with Crippen LogP contribution in [0.1, 0.15) is 12.5 Å². The van der Waals surface area contributed by atoms with Crippen LogP contribution in [0.15, 0.2) is 53.4 Å². The molecular formula is C15H17NO4S. The van der Waals surface area contributed by atoms with E-state index in [2.05, 4.69) is 4.72 Å². The van der Waals surface area contributed by atoms with Crippen LogP contribution >= 0.6 is 0 Å². The van der Waals surface area contributed by atoms with Gasteiger partial charge in [-0.05, 0) is 48.9 Å². The van der Waals surface area contributed by atoms with Crippen LogP contribution in [-0.4, -0.2) is 20.1 Å². The van der Waals surface area contributed by atoms with Crippen molar-refractivity contribution in [1.82, 2.24) is 0 Å². The molecule has 112 valence electrons. The maximum atomic E-state index is 12.2. The van der Waals surface area contributed by atoms with Crippen LogP contribution in [0.2, 0.25) is 0 Å². The summed E-state index contributed by atoms with van der Waals surface area (Å²) in [6.45, 7) is 2.32. The van der Waals surface area contributed by atoms with Crippen molar-refractivity contribution in [2.45, 2.75) is 18.4 Å². The van der Waals surface area contributed by atoms with Crippen molar-refractivity contribution >= 4 is 15.7 Å². The fourth-order valence-corrected chi connectivity index (χ4v) is 2.83. The van der Waals surface area contributed by atoms with Crippen molar-refractivity contribution in [2.24, 2.45) is 0 Å². The molecule has 0 aliphatic rings. The molecule has 2 aromatic rings. The summed E-state index contributed by atoms with van der Waals surface area (Å²) < 4.78 is 32.2. The van der Waals surface area contributed by atoms with Gasteiger partial charge in [0.1, 0.15) is 5.75 Å². The number of benzene rings is 2. The zero-order chi connectivity index (χ0) is 15.3. The van der Waals surface area contributed by atoms with Gasteiger partial charge in [0, 0.05) is 5.69 Å². The van der Waals surface area contributed by atoms with E-state index >= 15 is 0 Å². The number of nitrogens with one attached hydrogen (secondary N) is 1. The van der Waals surface area contributed by atoms with E-state index in [0.717, 1.165) is 0 Å². The third-order valence-corrected chi connectivity index (χ3v) is 4.23. The molecule has 6 heteroatoms. The van der Waals surface area contributed by atoms with Crippen molar-refractivity contribution in [2.75, 3.05) is 11.3 Å². The van der Waals surface area contributed by atoms with E-state index in [9.17, 15) is 8.42 Å². The second-order valence-corrected chi connectivity index (χ2v) is 6.05. The molecule has 2 N–H and O–H groups in total. The molecule has 0 saturated carbocycles. The number of hydrogen-bond acceptors (Lipinski definition) is 4. The maximum absolute atomic E-state index is 12.2. The standard InChI is InChI=1S/C15H17NO4S/c1-2-20-14-7-5-13(6-8-14)16-21(18,19)15-9-3-12(11-17)4-10-15/h3-10,16-17H,2,11H2,1H3. The molecule has 0 bridgehead atoms. The third kappa shape index (κ3) is 3.96. The number of aliphatic hydroxyl groups is 1. The van der Waals surface area contributed by atoms with Gasteiger partial charge in [-0.15, -0.1) is 0 Å². The minimum absolute atomic E-state index is 0.118. The molecule has 5 nitrogen and oxygen atoms in total. The summed E-state index contributed by atoms with van der Waals surface area (Å²) in [6, 6.07) is 12.8. The SMILES string of the molecule is CCOc1ccc(NS(=O)(=O)c2ccc(CO)cc2)cc1. The van der Waals surface area contributed by atoms with Gasteiger partial charge in [-0.25, -0.2) is 8.42 Å². The second-order valence-electron chi connectivity index (χ2n) is 4.36. The highest BCUT2D eigenvalue weighted by Crippen LogP contribution is 2.19. The quantitative estimate of drug-likeness (QED) is 0.859. The first-order chi connectivity index (χ1) is 10.0. The Morgan fingerprint density at radius 2 is 1.67 bits per heavy atom. The lowest BCUT2D eigenvalue weighted by molar-refractivity contribution is 0.282. The van der Waals surface area contributed by atoms with Crippen LogP contribution in [-0.2, 0) is 16.6 Å². The molecule has 2 rings (SSSR count). The van der Waals surface area contributed by atoms with Gasteiger partial charge >= 0.3 is 0 Å². The topological polar surface area (TPSA) is 75.6 Å². The minimum atomic E-state index is -3.64. The molecule has 0 heterocycles. The average Bonchev–Trinajstić information content (AvgIpc) is 2.49. The van der Waals surface area contributed by atoms with Gasteiger partial charge in [-0.1, -0.05) is 12.1 Å².